The van der Waals surface area contributed by atoms with E-state index in [0.717, 1.165) is 28.4 Å². The molecule has 1 rings (SSSR count). The van der Waals surface area contributed by atoms with Gasteiger partial charge in [0.1, 0.15) is 5.75 Å². The van der Waals surface area contributed by atoms with Crippen LogP contribution in [0.1, 0.15) is 30.5 Å². The quantitative estimate of drug-likeness (QED) is 0.841. The summed E-state index contributed by atoms with van der Waals surface area (Å²) in [5.41, 5.74) is 3.26. The molecule has 0 unspecified atom stereocenters. The van der Waals surface area contributed by atoms with Gasteiger partial charge in [-0.3, -0.25) is 0 Å². The zero-order valence-electron chi connectivity index (χ0n) is 8.32. The van der Waals surface area contributed by atoms with E-state index in [2.05, 4.69) is 36.7 Å². The van der Waals surface area contributed by atoms with Crippen LogP contribution in [0.5, 0.6) is 5.75 Å². The molecule has 0 bridgehead atoms. The Balaban J connectivity index is 3.39. The summed E-state index contributed by atoms with van der Waals surface area (Å²) < 4.78 is 1.05. The average Bonchev–Trinajstić information content (AvgIpc) is 2.12. The van der Waals surface area contributed by atoms with E-state index in [9.17, 15) is 5.11 Å². The van der Waals surface area contributed by atoms with Crippen molar-refractivity contribution < 1.29 is 5.11 Å². The Bertz CT molecular complexity index is 318. The molecule has 0 spiro atoms. The Morgan fingerprint density at radius 1 is 1.31 bits per heavy atom. The van der Waals surface area contributed by atoms with Crippen molar-refractivity contribution in [2.24, 2.45) is 0 Å². The molecule has 0 fully saturated rings. The largest absolute Gasteiger partial charge is 0.507 e. The van der Waals surface area contributed by atoms with Gasteiger partial charge in [-0.2, -0.15) is 0 Å². The standard InChI is InChI=1S/C11H15BrO/c1-4-8-6-7(3)10(12)9(5-2)11(8)13/h6,13H,4-5H2,1-3H3. The predicted molar refractivity (Wildman–Crippen MR) is 59.3 cm³/mol. The average molecular weight is 243 g/mol. The van der Waals surface area contributed by atoms with Gasteiger partial charge in [-0.15, -0.1) is 0 Å². The van der Waals surface area contributed by atoms with E-state index < -0.39 is 0 Å². The van der Waals surface area contributed by atoms with E-state index in [0.29, 0.717) is 5.75 Å². The summed E-state index contributed by atoms with van der Waals surface area (Å²) in [7, 11) is 0. The number of halogens is 1. The van der Waals surface area contributed by atoms with E-state index >= 15 is 0 Å². The first-order valence-corrected chi connectivity index (χ1v) is 5.40. The molecule has 2 heteroatoms. The normalized spacial score (nSPS) is 10.5. The number of aryl methyl sites for hydroxylation is 2. The van der Waals surface area contributed by atoms with Gasteiger partial charge in [-0.05, 0) is 30.9 Å². The SMILES string of the molecule is CCc1cc(C)c(Br)c(CC)c1O. The fourth-order valence-corrected chi connectivity index (χ4v) is 2.10. The third kappa shape index (κ3) is 1.88. The van der Waals surface area contributed by atoms with Gasteiger partial charge in [-0.1, -0.05) is 35.8 Å². The first-order valence-electron chi connectivity index (χ1n) is 4.61. The summed E-state index contributed by atoms with van der Waals surface area (Å²) in [4.78, 5) is 0. The smallest absolute Gasteiger partial charge is 0.123 e. The maximum absolute atomic E-state index is 9.86. The van der Waals surface area contributed by atoms with E-state index in [-0.39, 0.29) is 0 Å². The molecular weight excluding hydrogens is 228 g/mol. The van der Waals surface area contributed by atoms with E-state index in [1.54, 1.807) is 0 Å². The number of benzene rings is 1. The number of phenols is 1. The molecule has 0 aliphatic heterocycles. The molecule has 0 aliphatic carbocycles. The van der Waals surface area contributed by atoms with Crippen LogP contribution in [0, 0.1) is 6.92 Å². The predicted octanol–water partition coefficient (Wildman–Crippen LogP) is 3.59. The van der Waals surface area contributed by atoms with Crippen molar-refractivity contribution in [1.82, 2.24) is 0 Å². The Morgan fingerprint density at radius 3 is 2.38 bits per heavy atom. The fraction of sp³-hybridized carbons (Fsp3) is 0.455. The molecule has 1 nitrogen and oxygen atoms in total. The molecule has 0 aliphatic rings. The second-order valence-electron chi connectivity index (χ2n) is 3.20. The van der Waals surface area contributed by atoms with Crippen molar-refractivity contribution in [1.29, 1.82) is 0 Å². The van der Waals surface area contributed by atoms with Crippen LogP contribution in [0.4, 0.5) is 0 Å². The summed E-state index contributed by atoms with van der Waals surface area (Å²) in [6.07, 6.45) is 1.74. The van der Waals surface area contributed by atoms with Gasteiger partial charge in [0.05, 0.1) is 0 Å². The lowest BCUT2D eigenvalue weighted by atomic mass is 10.0. The third-order valence-electron chi connectivity index (χ3n) is 2.33. The van der Waals surface area contributed by atoms with Gasteiger partial charge in [0.25, 0.3) is 0 Å². The number of hydrogen-bond donors (Lipinski definition) is 1. The van der Waals surface area contributed by atoms with Crippen molar-refractivity contribution >= 4 is 15.9 Å². The Labute approximate surface area is 87.9 Å². The highest BCUT2D eigenvalue weighted by Crippen LogP contribution is 2.33. The minimum atomic E-state index is 0.461. The topological polar surface area (TPSA) is 20.2 Å². The van der Waals surface area contributed by atoms with Crippen molar-refractivity contribution in [2.45, 2.75) is 33.6 Å². The van der Waals surface area contributed by atoms with Crippen LogP contribution >= 0.6 is 15.9 Å². The van der Waals surface area contributed by atoms with Crippen LogP contribution in [-0.2, 0) is 12.8 Å². The molecule has 1 aromatic rings. The minimum absolute atomic E-state index is 0.461. The van der Waals surface area contributed by atoms with Gasteiger partial charge in [-0.25, -0.2) is 0 Å². The first kappa shape index (κ1) is 10.6. The van der Waals surface area contributed by atoms with Gasteiger partial charge >= 0.3 is 0 Å². The molecule has 72 valence electrons. The molecule has 13 heavy (non-hydrogen) atoms. The lowest BCUT2D eigenvalue weighted by Gasteiger charge is -2.11. The summed E-state index contributed by atoms with van der Waals surface area (Å²) in [6.45, 7) is 6.17. The molecule has 1 aromatic carbocycles. The van der Waals surface area contributed by atoms with E-state index in [1.807, 2.05) is 6.07 Å². The van der Waals surface area contributed by atoms with Crippen molar-refractivity contribution in [3.05, 3.63) is 27.2 Å². The number of rotatable bonds is 2. The molecule has 0 aromatic heterocycles. The number of hydrogen-bond acceptors (Lipinski definition) is 1. The lowest BCUT2D eigenvalue weighted by Crippen LogP contribution is -1.93. The second-order valence-corrected chi connectivity index (χ2v) is 3.99. The Morgan fingerprint density at radius 2 is 1.92 bits per heavy atom. The second kappa shape index (κ2) is 4.14. The third-order valence-corrected chi connectivity index (χ3v) is 3.43. The highest BCUT2D eigenvalue weighted by atomic mass is 79.9. The molecule has 0 saturated carbocycles. The fourth-order valence-electron chi connectivity index (χ4n) is 1.52. The highest BCUT2D eigenvalue weighted by Gasteiger charge is 2.10. The molecule has 0 atom stereocenters. The summed E-state index contributed by atoms with van der Waals surface area (Å²) in [6, 6.07) is 2.04. The van der Waals surface area contributed by atoms with Crippen LogP contribution in [0.2, 0.25) is 0 Å². The number of aromatic hydroxyl groups is 1. The molecular formula is C11H15BrO. The van der Waals surface area contributed by atoms with Crippen LogP contribution in [0.25, 0.3) is 0 Å². The van der Waals surface area contributed by atoms with Gasteiger partial charge in [0.15, 0.2) is 0 Å². The minimum Gasteiger partial charge on any atom is -0.507 e. The van der Waals surface area contributed by atoms with Crippen molar-refractivity contribution in [3.63, 3.8) is 0 Å². The number of phenolic OH excluding ortho intramolecular Hbond substituents is 1. The monoisotopic (exact) mass is 242 g/mol. The summed E-state index contributed by atoms with van der Waals surface area (Å²) in [5.74, 6) is 0.461. The zero-order valence-corrected chi connectivity index (χ0v) is 9.90. The maximum atomic E-state index is 9.86. The van der Waals surface area contributed by atoms with Gasteiger partial charge < -0.3 is 5.11 Å². The van der Waals surface area contributed by atoms with Crippen LogP contribution in [-0.4, -0.2) is 5.11 Å². The molecule has 1 N–H and O–H groups in total. The first-order chi connectivity index (χ1) is 6.11. The van der Waals surface area contributed by atoms with Crippen LogP contribution < -0.4 is 0 Å². The molecule has 0 heterocycles. The molecule has 0 saturated heterocycles. The highest BCUT2D eigenvalue weighted by molar-refractivity contribution is 9.10. The van der Waals surface area contributed by atoms with Gasteiger partial charge in [0, 0.05) is 10.0 Å². The molecule has 0 radical (unpaired) electrons. The van der Waals surface area contributed by atoms with Crippen molar-refractivity contribution in [2.75, 3.05) is 0 Å². The van der Waals surface area contributed by atoms with E-state index in [1.165, 1.54) is 5.56 Å². The summed E-state index contributed by atoms with van der Waals surface area (Å²) >= 11 is 3.49. The van der Waals surface area contributed by atoms with E-state index in [4.69, 9.17) is 0 Å². The van der Waals surface area contributed by atoms with Crippen molar-refractivity contribution in [3.8, 4) is 5.75 Å². The Hall–Kier alpha value is -0.500. The maximum Gasteiger partial charge on any atom is 0.123 e. The zero-order chi connectivity index (χ0) is 10.0. The summed E-state index contributed by atoms with van der Waals surface area (Å²) in [5, 5.41) is 9.86. The Kier molecular flexibility index (Phi) is 3.37. The lowest BCUT2D eigenvalue weighted by molar-refractivity contribution is 0.461. The van der Waals surface area contributed by atoms with Crippen LogP contribution in [0.15, 0.2) is 10.5 Å². The van der Waals surface area contributed by atoms with Gasteiger partial charge in [0.2, 0.25) is 0 Å². The molecule has 0 amide bonds. The van der Waals surface area contributed by atoms with Crippen LogP contribution in [0.3, 0.4) is 0 Å².